The number of likely N-dealkylation sites (N-methyl/N-ethyl adjacent to an activating group) is 1. The van der Waals surface area contributed by atoms with E-state index in [1.165, 1.54) is 25.7 Å². The van der Waals surface area contributed by atoms with Crippen LogP contribution in [0, 0.1) is 5.92 Å². The van der Waals surface area contributed by atoms with Gasteiger partial charge in [0.2, 0.25) is 5.91 Å². The first kappa shape index (κ1) is 17.4. The molecule has 1 saturated heterocycles. The third-order valence-corrected chi connectivity index (χ3v) is 4.30. The Bertz CT molecular complexity index is 264. The van der Waals surface area contributed by atoms with E-state index >= 15 is 0 Å². The molecule has 1 amide bonds. The number of carbonyl (C=O) groups excluding carboxylic acids is 1. The first-order valence-electron chi connectivity index (χ1n) is 8.41. The number of nitrogens with one attached hydrogen (secondary N) is 2. The highest BCUT2D eigenvalue weighted by Crippen LogP contribution is 2.13. The number of carbonyl (C=O) groups is 1. The second kappa shape index (κ2) is 10.2. The van der Waals surface area contributed by atoms with E-state index < -0.39 is 0 Å². The molecule has 4 heteroatoms. The summed E-state index contributed by atoms with van der Waals surface area (Å²) in [6.07, 6.45) is 6.03. The van der Waals surface area contributed by atoms with Gasteiger partial charge in [0, 0.05) is 13.1 Å². The Kier molecular flexibility index (Phi) is 8.86. The number of piperidine rings is 1. The average Bonchev–Trinajstić information content (AvgIpc) is 2.49. The van der Waals surface area contributed by atoms with Gasteiger partial charge in [-0.05, 0) is 51.7 Å². The molecule has 20 heavy (non-hydrogen) atoms. The van der Waals surface area contributed by atoms with Crippen molar-refractivity contribution in [2.45, 2.75) is 58.9 Å². The molecular formula is C16H33N3O. The minimum absolute atomic E-state index is 0.0106. The number of amides is 1. The lowest BCUT2D eigenvalue weighted by atomic mass is 9.98. The van der Waals surface area contributed by atoms with Crippen molar-refractivity contribution in [1.29, 1.82) is 0 Å². The summed E-state index contributed by atoms with van der Waals surface area (Å²) in [7, 11) is 0. The third kappa shape index (κ3) is 6.23. The molecule has 1 aliphatic heterocycles. The van der Waals surface area contributed by atoms with Crippen molar-refractivity contribution in [3.8, 4) is 0 Å². The van der Waals surface area contributed by atoms with Crippen LogP contribution in [-0.2, 0) is 4.79 Å². The molecule has 0 aliphatic carbocycles. The van der Waals surface area contributed by atoms with Crippen molar-refractivity contribution in [1.82, 2.24) is 15.5 Å². The highest BCUT2D eigenvalue weighted by Gasteiger charge is 2.23. The highest BCUT2D eigenvalue weighted by atomic mass is 16.2. The number of unbranched alkanes of at least 4 members (excludes halogenated alkanes) is 2. The van der Waals surface area contributed by atoms with Crippen LogP contribution < -0.4 is 10.6 Å². The van der Waals surface area contributed by atoms with Gasteiger partial charge in [-0.2, -0.15) is 0 Å². The smallest absolute Gasteiger partial charge is 0.237 e. The average molecular weight is 283 g/mol. The fourth-order valence-corrected chi connectivity index (χ4v) is 2.87. The van der Waals surface area contributed by atoms with Gasteiger partial charge < -0.3 is 10.6 Å². The van der Waals surface area contributed by atoms with Crippen LogP contribution in [0.1, 0.15) is 52.9 Å². The number of nitrogens with zero attached hydrogens (tertiary/aromatic N) is 1. The van der Waals surface area contributed by atoms with Gasteiger partial charge in [-0.1, -0.05) is 26.7 Å². The van der Waals surface area contributed by atoms with E-state index in [2.05, 4.69) is 29.4 Å². The summed E-state index contributed by atoms with van der Waals surface area (Å²) in [6.45, 7) is 11.4. The maximum Gasteiger partial charge on any atom is 0.237 e. The lowest BCUT2D eigenvalue weighted by Crippen LogP contribution is -2.48. The Morgan fingerprint density at radius 1 is 1.40 bits per heavy atom. The predicted octanol–water partition coefficient (Wildman–Crippen LogP) is 2.00. The van der Waals surface area contributed by atoms with Crippen LogP contribution in [0.4, 0.5) is 0 Å². The Balaban J connectivity index is 2.32. The zero-order valence-corrected chi connectivity index (χ0v) is 13.6. The molecule has 0 bridgehead atoms. The van der Waals surface area contributed by atoms with Gasteiger partial charge in [-0.15, -0.1) is 0 Å². The largest absolute Gasteiger partial charge is 0.355 e. The summed E-state index contributed by atoms with van der Waals surface area (Å²) < 4.78 is 0. The summed E-state index contributed by atoms with van der Waals surface area (Å²) in [5.41, 5.74) is 0. The summed E-state index contributed by atoms with van der Waals surface area (Å²) in [5, 5.41) is 6.53. The van der Waals surface area contributed by atoms with Gasteiger partial charge in [0.1, 0.15) is 0 Å². The molecule has 0 spiro atoms. The molecule has 0 radical (unpaired) electrons. The van der Waals surface area contributed by atoms with E-state index in [0.717, 1.165) is 39.1 Å². The molecule has 2 N–H and O–H groups in total. The Labute approximate surface area is 124 Å². The fraction of sp³-hybridized carbons (Fsp3) is 0.938. The second-order valence-electron chi connectivity index (χ2n) is 5.97. The van der Waals surface area contributed by atoms with E-state index in [-0.39, 0.29) is 11.9 Å². The Morgan fingerprint density at radius 3 is 2.80 bits per heavy atom. The van der Waals surface area contributed by atoms with E-state index in [4.69, 9.17) is 0 Å². The minimum Gasteiger partial charge on any atom is -0.355 e. The summed E-state index contributed by atoms with van der Waals surface area (Å²) in [4.78, 5) is 14.5. The highest BCUT2D eigenvalue weighted by molar-refractivity contribution is 5.81. The third-order valence-electron chi connectivity index (χ3n) is 4.30. The normalized spacial score (nSPS) is 20.9. The lowest BCUT2D eigenvalue weighted by Gasteiger charge is -2.32. The van der Waals surface area contributed by atoms with Gasteiger partial charge in [0.25, 0.3) is 0 Å². The Morgan fingerprint density at radius 2 is 2.20 bits per heavy atom. The van der Waals surface area contributed by atoms with Crippen molar-refractivity contribution in [3.05, 3.63) is 0 Å². The van der Waals surface area contributed by atoms with Gasteiger partial charge in [-0.3, -0.25) is 9.69 Å². The van der Waals surface area contributed by atoms with Crippen molar-refractivity contribution in [2.24, 2.45) is 5.92 Å². The lowest BCUT2D eigenvalue weighted by molar-refractivity contribution is -0.126. The van der Waals surface area contributed by atoms with Crippen molar-refractivity contribution in [3.63, 3.8) is 0 Å². The molecule has 0 aromatic carbocycles. The van der Waals surface area contributed by atoms with Crippen molar-refractivity contribution in [2.75, 3.05) is 32.7 Å². The molecule has 4 nitrogen and oxygen atoms in total. The maximum absolute atomic E-state index is 12.2. The molecule has 0 saturated carbocycles. The monoisotopic (exact) mass is 283 g/mol. The van der Waals surface area contributed by atoms with Crippen LogP contribution in [0.2, 0.25) is 0 Å². The molecule has 0 aromatic heterocycles. The first-order valence-corrected chi connectivity index (χ1v) is 8.41. The Hall–Kier alpha value is -0.610. The van der Waals surface area contributed by atoms with Crippen LogP contribution in [0.15, 0.2) is 0 Å². The van der Waals surface area contributed by atoms with Gasteiger partial charge >= 0.3 is 0 Å². The van der Waals surface area contributed by atoms with Crippen molar-refractivity contribution < 1.29 is 4.79 Å². The SMILES string of the molecule is CCCCCNC(=O)C(C)N(CC)CC1CCCNC1. The van der Waals surface area contributed by atoms with Gasteiger partial charge in [-0.25, -0.2) is 0 Å². The van der Waals surface area contributed by atoms with Gasteiger partial charge in [0.15, 0.2) is 0 Å². The van der Waals surface area contributed by atoms with Crippen LogP contribution in [0.25, 0.3) is 0 Å². The zero-order chi connectivity index (χ0) is 14.8. The second-order valence-corrected chi connectivity index (χ2v) is 5.97. The van der Waals surface area contributed by atoms with E-state index in [0.29, 0.717) is 5.92 Å². The topological polar surface area (TPSA) is 44.4 Å². The molecule has 118 valence electrons. The standard InChI is InChI=1S/C16H33N3O/c1-4-6-7-11-18-16(20)14(3)19(5-2)13-15-9-8-10-17-12-15/h14-15,17H,4-13H2,1-3H3,(H,18,20). The maximum atomic E-state index is 12.2. The van der Waals surface area contributed by atoms with Crippen LogP contribution in [0.5, 0.6) is 0 Å². The molecule has 1 fully saturated rings. The number of hydrogen-bond donors (Lipinski definition) is 2. The van der Waals surface area contributed by atoms with Crippen LogP contribution in [-0.4, -0.2) is 49.6 Å². The van der Waals surface area contributed by atoms with Crippen molar-refractivity contribution >= 4 is 5.91 Å². The van der Waals surface area contributed by atoms with E-state index in [9.17, 15) is 4.79 Å². The first-order chi connectivity index (χ1) is 9.69. The number of rotatable bonds is 9. The van der Waals surface area contributed by atoms with E-state index in [1.54, 1.807) is 0 Å². The zero-order valence-electron chi connectivity index (χ0n) is 13.6. The predicted molar refractivity (Wildman–Crippen MR) is 84.8 cm³/mol. The summed E-state index contributed by atoms with van der Waals surface area (Å²) in [6, 6.07) is -0.0106. The fourth-order valence-electron chi connectivity index (χ4n) is 2.87. The molecule has 0 aromatic rings. The summed E-state index contributed by atoms with van der Waals surface area (Å²) >= 11 is 0. The molecule has 2 atom stereocenters. The molecule has 2 unspecified atom stereocenters. The minimum atomic E-state index is -0.0106. The molecular weight excluding hydrogens is 250 g/mol. The quantitative estimate of drug-likeness (QED) is 0.636. The molecule has 1 aliphatic rings. The van der Waals surface area contributed by atoms with Crippen LogP contribution >= 0.6 is 0 Å². The number of hydrogen-bond acceptors (Lipinski definition) is 3. The molecule has 1 heterocycles. The van der Waals surface area contributed by atoms with Crippen LogP contribution in [0.3, 0.4) is 0 Å². The van der Waals surface area contributed by atoms with Gasteiger partial charge in [0.05, 0.1) is 6.04 Å². The summed E-state index contributed by atoms with van der Waals surface area (Å²) in [5.74, 6) is 0.880. The molecule has 1 rings (SSSR count). The van der Waals surface area contributed by atoms with E-state index in [1.807, 2.05) is 6.92 Å².